The van der Waals surface area contributed by atoms with Crippen LogP contribution in [0.5, 0.6) is 0 Å². The minimum atomic E-state index is 0.968. The van der Waals surface area contributed by atoms with Gasteiger partial charge in [0.1, 0.15) is 0 Å². The second-order valence-corrected chi connectivity index (χ2v) is 3.87. The molecular formula is C10H17N. The number of hydrogen-bond acceptors (Lipinski definition) is 1. The molecule has 1 saturated carbocycles. The van der Waals surface area contributed by atoms with Crippen LogP contribution in [0.3, 0.4) is 0 Å². The highest BCUT2D eigenvalue weighted by Crippen LogP contribution is 2.35. The van der Waals surface area contributed by atoms with Gasteiger partial charge in [0.2, 0.25) is 0 Å². The Morgan fingerprint density at radius 1 is 1.36 bits per heavy atom. The summed E-state index contributed by atoms with van der Waals surface area (Å²) in [4.78, 5) is 0. The predicted molar refractivity (Wildman–Crippen MR) is 47.5 cm³/mol. The summed E-state index contributed by atoms with van der Waals surface area (Å²) in [5, 5.41) is 3.48. The number of allylic oxidation sites excluding steroid dienone is 2. The summed E-state index contributed by atoms with van der Waals surface area (Å²) in [6.07, 6.45) is 6.47. The van der Waals surface area contributed by atoms with Crippen molar-refractivity contribution in [2.75, 3.05) is 13.1 Å². The van der Waals surface area contributed by atoms with Crippen molar-refractivity contribution in [3.05, 3.63) is 11.6 Å². The third-order valence-electron chi connectivity index (χ3n) is 3.25. The SMILES string of the molecule is C/C=C1/CCC2CNCC2C1. The third-order valence-corrected chi connectivity index (χ3v) is 3.25. The molecule has 0 aromatic carbocycles. The molecule has 0 amide bonds. The molecule has 2 atom stereocenters. The molecule has 0 aromatic heterocycles. The van der Waals surface area contributed by atoms with Gasteiger partial charge in [-0.05, 0) is 51.1 Å². The Morgan fingerprint density at radius 3 is 3.00 bits per heavy atom. The van der Waals surface area contributed by atoms with Crippen molar-refractivity contribution >= 4 is 0 Å². The standard InChI is InChI=1S/C10H17N/c1-2-8-3-4-9-6-11-7-10(9)5-8/h2,9-11H,3-7H2,1H3/b8-2-. The molecule has 0 spiro atoms. The van der Waals surface area contributed by atoms with Crippen LogP contribution in [-0.2, 0) is 0 Å². The Hall–Kier alpha value is -0.300. The van der Waals surface area contributed by atoms with Crippen molar-refractivity contribution in [1.29, 1.82) is 0 Å². The van der Waals surface area contributed by atoms with E-state index in [1.54, 1.807) is 5.57 Å². The first-order valence-electron chi connectivity index (χ1n) is 4.75. The maximum atomic E-state index is 3.48. The van der Waals surface area contributed by atoms with Crippen molar-refractivity contribution in [2.45, 2.75) is 26.2 Å². The molecule has 2 fully saturated rings. The monoisotopic (exact) mass is 151 g/mol. The van der Waals surface area contributed by atoms with Gasteiger partial charge >= 0.3 is 0 Å². The van der Waals surface area contributed by atoms with Gasteiger partial charge in [0, 0.05) is 0 Å². The van der Waals surface area contributed by atoms with Crippen LogP contribution in [0.1, 0.15) is 26.2 Å². The van der Waals surface area contributed by atoms with E-state index >= 15 is 0 Å². The number of hydrogen-bond donors (Lipinski definition) is 1. The number of rotatable bonds is 0. The molecule has 1 aliphatic heterocycles. The molecule has 0 radical (unpaired) electrons. The van der Waals surface area contributed by atoms with Crippen LogP contribution >= 0.6 is 0 Å². The second-order valence-electron chi connectivity index (χ2n) is 3.87. The lowest BCUT2D eigenvalue weighted by atomic mass is 9.79. The summed E-state index contributed by atoms with van der Waals surface area (Å²) in [5.74, 6) is 1.97. The zero-order valence-corrected chi connectivity index (χ0v) is 7.27. The third kappa shape index (κ3) is 1.34. The van der Waals surface area contributed by atoms with Crippen LogP contribution in [0.2, 0.25) is 0 Å². The molecule has 0 bridgehead atoms. The second kappa shape index (κ2) is 2.98. The molecule has 0 aromatic rings. The highest BCUT2D eigenvalue weighted by Gasteiger charge is 2.30. The molecule has 2 aliphatic rings. The molecule has 1 N–H and O–H groups in total. The van der Waals surface area contributed by atoms with Gasteiger partial charge in [-0.15, -0.1) is 0 Å². The molecule has 2 unspecified atom stereocenters. The van der Waals surface area contributed by atoms with Gasteiger partial charge in [0.25, 0.3) is 0 Å². The average molecular weight is 151 g/mol. The molecule has 11 heavy (non-hydrogen) atoms. The molecule has 1 heterocycles. The molecule has 2 rings (SSSR count). The van der Waals surface area contributed by atoms with Gasteiger partial charge in [-0.2, -0.15) is 0 Å². The van der Waals surface area contributed by atoms with E-state index < -0.39 is 0 Å². The van der Waals surface area contributed by atoms with E-state index in [4.69, 9.17) is 0 Å². The Labute approximate surface area is 68.9 Å². The minimum absolute atomic E-state index is 0.968. The average Bonchev–Trinajstić information content (AvgIpc) is 2.50. The van der Waals surface area contributed by atoms with Gasteiger partial charge in [-0.1, -0.05) is 11.6 Å². The molecule has 1 saturated heterocycles. The van der Waals surface area contributed by atoms with E-state index in [1.807, 2.05) is 0 Å². The van der Waals surface area contributed by atoms with Crippen LogP contribution in [0.4, 0.5) is 0 Å². The lowest BCUT2D eigenvalue weighted by Crippen LogP contribution is -2.18. The van der Waals surface area contributed by atoms with Gasteiger partial charge in [-0.25, -0.2) is 0 Å². The van der Waals surface area contributed by atoms with Crippen LogP contribution in [0, 0.1) is 11.8 Å². The number of fused-ring (bicyclic) bond motifs is 1. The lowest BCUT2D eigenvalue weighted by molar-refractivity contribution is 0.349. The van der Waals surface area contributed by atoms with E-state index in [0.717, 1.165) is 11.8 Å². The summed E-state index contributed by atoms with van der Waals surface area (Å²) in [5.41, 5.74) is 1.69. The van der Waals surface area contributed by atoms with E-state index in [-0.39, 0.29) is 0 Å². The number of nitrogens with one attached hydrogen (secondary N) is 1. The summed E-state index contributed by atoms with van der Waals surface area (Å²) >= 11 is 0. The normalized spacial score (nSPS) is 41.0. The van der Waals surface area contributed by atoms with E-state index in [9.17, 15) is 0 Å². The van der Waals surface area contributed by atoms with Gasteiger partial charge in [0.05, 0.1) is 0 Å². The molecule has 62 valence electrons. The fourth-order valence-corrected chi connectivity index (χ4v) is 2.44. The Kier molecular flexibility index (Phi) is 1.99. The van der Waals surface area contributed by atoms with Crippen molar-refractivity contribution in [3.8, 4) is 0 Å². The quantitative estimate of drug-likeness (QED) is 0.522. The fourth-order valence-electron chi connectivity index (χ4n) is 2.44. The Bertz CT molecular complexity index is 172. The lowest BCUT2D eigenvalue weighted by Gasteiger charge is -2.26. The molecular weight excluding hydrogens is 134 g/mol. The van der Waals surface area contributed by atoms with E-state index in [1.165, 1.54) is 32.4 Å². The summed E-state index contributed by atoms with van der Waals surface area (Å²) in [7, 11) is 0. The highest BCUT2D eigenvalue weighted by atomic mass is 14.9. The van der Waals surface area contributed by atoms with Crippen LogP contribution in [-0.4, -0.2) is 13.1 Å². The smallest absolute Gasteiger partial charge is 0.00142 e. The zero-order valence-electron chi connectivity index (χ0n) is 7.27. The van der Waals surface area contributed by atoms with Crippen molar-refractivity contribution < 1.29 is 0 Å². The van der Waals surface area contributed by atoms with Crippen molar-refractivity contribution in [2.24, 2.45) is 11.8 Å². The minimum Gasteiger partial charge on any atom is -0.316 e. The summed E-state index contributed by atoms with van der Waals surface area (Å²) < 4.78 is 0. The first-order chi connectivity index (χ1) is 5.40. The molecule has 1 heteroatoms. The summed E-state index contributed by atoms with van der Waals surface area (Å²) in [6, 6.07) is 0. The first-order valence-corrected chi connectivity index (χ1v) is 4.75. The first kappa shape index (κ1) is 7.35. The predicted octanol–water partition coefficient (Wildman–Crippen LogP) is 1.95. The van der Waals surface area contributed by atoms with Gasteiger partial charge in [0.15, 0.2) is 0 Å². The maximum absolute atomic E-state index is 3.48. The van der Waals surface area contributed by atoms with Crippen LogP contribution in [0.25, 0.3) is 0 Å². The van der Waals surface area contributed by atoms with Crippen LogP contribution in [0.15, 0.2) is 11.6 Å². The van der Waals surface area contributed by atoms with Crippen molar-refractivity contribution in [1.82, 2.24) is 5.32 Å². The Balaban J connectivity index is 2.02. The maximum Gasteiger partial charge on any atom is -0.00142 e. The molecule has 1 nitrogen and oxygen atoms in total. The fraction of sp³-hybridized carbons (Fsp3) is 0.800. The zero-order chi connectivity index (χ0) is 7.68. The van der Waals surface area contributed by atoms with Gasteiger partial charge in [-0.3, -0.25) is 0 Å². The topological polar surface area (TPSA) is 12.0 Å². The largest absolute Gasteiger partial charge is 0.316 e. The Morgan fingerprint density at radius 2 is 2.18 bits per heavy atom. The van der Waals surface area contributed by atoms with E-state index in [2.05, 4.69) is 18.3 Å². The van der Waals surface area contributed by atoms with Crippen molar-refractivity contribution in [3.63, 3.8) is 0 Å². The van der Waals surface area contributed by atoms with Crippen LogP contribution < -0.4 is 5.32 Å². The molecule has 1 aliphatic carbocycles. The summed E-state index contributed by atoms with van der Waals surface area (Å²) in [6.45, 7) is 4.72. The van der Waals surface area contributed by atoms with Gasteiger partial charge < -0.3 is 5.32 Å². The highest BCUT2D eigenvalue weighted by molar-refractivity contribution is 5.07. The van der Waals surface area contributed by atoms with E-state index in [0.29, 0.717) is 0 Å².